The van der Waals surface area contributed by atoms with Crippen molar-refractivity contribution in [3.05, 3.63) is 59.7 Å². The smallest absolute Gasteiger partial charge is 0.240 e. The molecule has 0 bridgehead atoms. The quantitative estimate of drug-likeness (QED) is 0.862. The second-order valence-electron chi connectivity index (χ2n) is 7.73. The number of sulfonamides is 1. The van der Waals surface area contributed by atoms with Crippen molar-refractivity contribution in [2.24, 2.45) is 0 Å². The third-order valence-electron chi connectivity index (χ3n) is 4.75. The molecule has 3 rings (SSSR count). The van der Waals surface area contributed by atoms with Crippen LogP contribution in [0.15, 0.2) is 53.4 Å². The monoisotopic (exact) mass is 375 g/mol. The summed E-state index contributed by atoms with van der Waals surface area (Å²) in [5.74, 6) is 0.593. The molecule has 1 unspecified atom stereocenters. The van der Waals surface area contributed by atoms with Gasteiger partial charge in [0.05, 0.1) is 11.5 Å². The van der Waals surface area contributed by atoms with Crippen LogP contribution in [0.3, 0.4) is 0 Å². The molecule has 0 saturated heterocycles. The topological polar surface area (TPSA) is 75.6 Å². The Morgan fingerprint density at radius 3 is 2.42 bits per heavy atom. The molecule has 6 heteroatoms. The SMILES string of the molecule is CC(C)(C)c1ccc(S(=O)(=O)NCC2(O)CCOc3ccccc32)cc1. The lowest BCUT2D eigenvalue weighted by atomic mass is 9.87. The van der Waals surface area contributed by atoms with Crippen LogP contribution in [-0.4, -0.2) is 26.7 Å². The van der Waals surface area contributed by atoms with Crippen LogP contribution in [0.25, 0.3) is 0 Å². The highest BCUT2D eigenvalue weighted by Gasteiger charge is 2.36. The van der Waals surface area contributed by atoms with Crippen molar-refractivity contribution in [3.63, 3.8) is 0 Å². The van der Waals surface area contributed by atoms with Crippen LogP contribution in [-0.2, 0) is 21.0 Å². The predicted molar refractivity (Wildman–Crippen MR) is 101 cm³/mol. The van der Waals surface area contributed by atoms with E-state index in [0.717, 1.165) is 5.56 Å². The molecule has 0 aromatic heterocycles. The average molecular weight is 375 g/mol. The second kappa shape index (κ2) is 6.68. The van der Waals surface area contributed by atoms with Gasteiger partial charge in [-0.3, -0.25) is 0 Å². The molecule has 2 aromatic carbocycles. The van der Waals surface area contributed by atoms with Gasteiger partial charge in [-0.25, -0.2) is 13.1 Å². The Balaban J connectivity index is 1.79. The molecule has 1 aliphatic rings. The van der Waals surface area contributed by atoms with E-state index < -0.39 is 15.6 Å². The van der Waals surface area contributed by atoms with Gasteiger partial charge in [-0.05, 0) is 29.2 Å². The third-order valence-corrected chi connectivity index (χ3v) is 6.16. The van der Waals surface area contributed by atoms with Crippen molar-refractivity contribution >= 4 is 10.0 Å². The molecule has 0 saturated carbocycles. The number of fused-ring (bicyclic) bond motifs is 1. The second-order valence-corrected chi connectivity index (χ2v) is 9.49. The summed E-state index contributed by atoms with van der Waals surface area (Å²) in [4.78, 5) is 0.189. The van der Waals surface area contributed by atoms with Gasteiger partial charge in [-0.1, -0.05) is 51.1 Å². The van der Waals surface area contributed by atoms with E-state index in [1.165, 1.54) is 0 Å². The predicted octanol–water partition coefficient (Wildman–Crippen LogP) is 2.93. The fraction of sp³-hybridized carbons (Fsp3) is 0.400. The summed E-state index contributed by atoms with van der Waals surface area (Å²) in [6, 6.07) is 14.0. The minimum Gasteiger partial charge on any atom is -0.493 e. The van der Waals surface area contributed by atoms with E-state index in [0.29, 0.717) is 24.3 Å². The number of hydrogen-bond donors (Lipinski definition) is 2. The fourth-order valence-corrected chi connectivity index (χ4v) is 4.15. The number of nitrogens with one attached hydrogen (secondary N) is 1. The Morgan fingerprint density at radius 2 is 1.77 bits per heavy atom. The lowest BCUT2D eigenvalue weighted by Crippen LogP contribution is -2.43. The van der Waals surface area contributed by atoms with Gasteiger partial charge >= 0.3 is 0 Å². The van der Waals surface area contributed by atoms with Crippen LogP contribution in [0.4, 0.5) is 0 Å². The molecule has 2 N–H and O–H groups in total. The van der Waals surface area contributed by atoms with Crippen LogP contribution in [0.1, 0.15) is 38.3 Å². The maximum absolute atomic E-state index is 12.6. The molecule has 2 aromatic rings. The van der Waals surface area contributed by atoms with Crippen LogP contribution in [0, 0.1) is 0 Å². The summed E-state index contributed by atoms with van der Waals surface area (Å²) in [7, 11) is -3.71. The van der Waals surface area contributed by atoms with Gasteiger partial charge in [0.25, 0.3) is 0 Å². The molecule has 0 amide bonds. The highest BCUT2D eigenvalue weighted by Crippen LogP contribution is 2.36. The summed E-state index contributed by atoms with van der Waals surface area (Å²) in [6.07, 6.45) is 0.329. The first-order chi connectivity index (χ1) is 12.1. The molecular formula is C20H25NO4S. The summed E-state index contributed by atoms with van der Waals surface area (Å²) < 4.78 is 33.4. The number of para-hydroxylation sites is 1. The van der Waals surface area contributed by atoms with Crippen LogP contribution in [0.2, 0.25) is 0 Å². The Morgan fingerprint density at radius 1 is 1.12 bits per heavy atom. The summed E-state index contributed by atoms with van der Waals surface area (Å²) >= 11 is 0. The number of benzene rings is 2. The zero-order valence-electron chi connectivity index (χ0n) is 15.3. The van der Waals surface area contributed by atoms with Crippen molar-refractivity contribution in [3.8, 4) is 5.75 Å². The Hall–Kier alpha value is -1.89. The molecule has 140 valence electrons. The van der Waals surface area contributed by atoms with Gasteiger partial charge in [-0.15, -0.1) is 0 Å². The van der Waals surface area contributed by atoms with Gasteiger partial charge in [0.15, 0.2) is 0 Å². The third kappa shape index (κ3) is 3.77. The first kappa shape index (κ1) is 18.9. The van der Waals surface area contributed by atoms with E-state index >= 15 is 0 Å². The zero-order valence-corrected chi connectivity index (χ0v) is 16.1. The number of rotatable bonds is 4. The molecule has 0 spiro atoms. The van der Waals surface area contributed by atoms with Gasteiger partial charge in [0.1, 0.15) is 11.4 Å². The highest BCUT2D eigenvalue weighted by molar-refractivity contribution is 7.89. The van der Waals surface area contributed by atoms with E-state index in [9.17, 15) is 13.5 Å². The van der Waals surface area contributed by atoms with Crippen molar-refractivity contribution in [2.45, 2.75) is 43.1 Å². The van der Waals surface area contributed by atoms with Gasteiger partial charge < -0.3 is 9.84 Å². The van der Waals surface area contributed by atoms with E-state index in [1.54, 1.807) is 30.3 Å². The van der Waals surface area contributed by atoms with E-state index in [2.05, 4.69) is 25.5 Å². The minimum atomic E-state index is -3.71. The van der Waals surface area contributed by atoms with Gasteiger partial charge in [-0.2, -0.15) is 0 Å². The molecule has 0 fully saturated rings. The van der Waals surface area contributed by atoms with E-state index in [-0.39, 0.29) is 16.9 Å². The Bertz CT molecular complexity index is 885. The van der Waals surface area contributed by atoms with Crippen molar-refractivity contribution in [2.75, 3.05) is 13.2 Å². The van der Waals surface area contributed by atoms with E-state index in [1.807, 2.05) is 18.2 Å². The maximum atomic E-state index is 12.6. The van der Waals surface area contributed by atoms with E-state index in [4.69, 9.17) is 4.74 Å². The average Bonchev–Trinajstić information content (AvgIpc) is 2.60. The number of aliphatic hydroxyl groups is 1. The first-order valence-corrected chi connectivity index (χ1v) is 10.2. The number of hydrogen-bond acceptors (Lipinski definition) is 4. The zero-order chi connectivity index (χ0) is 19.0. The largest absolute Gasteiger partial charge is 0.493 e. The lowest BCUT2D eigenvalue weighted by Gasteiger charge is -2.34. The molecule has 0 radical (unpaired) electrons. The van der Waals surface area contributed by atoms with Crippen LogP contribution >= 0.6 is 0 Å². The maximum Gasteiger partial charge on any atom is 0.240 e. The normalized spacial score (nSPS) is 20.3. The standard InChI is InChI=1S/C20H25NO4S/c1-19(2,3)15-8-10-16(11-9-15)26(23,24)21-14-20(22)12-13-25-18-7-5-4-6-17(18)20/h4-11,21-22H,12-14H2,1-3H3. The van der Waals surface area contributed by atoms with Crippen molar-refractivity contribution < 1.29 is 18.3 Å². The number of ether oxygens (including phenoxy) is 1. The Kier molecular flexibility index (Phi) is 4.86. The molecule has 0 aliphatic carbocycles. The molecule has 26 heavy (non-hydrogen) atoms. The fourth-order valence-electron chi connectivity index (χ4n) is 3.06. The summed E-state index contributed by atoms with van der Waals surface area (Å²) in [6.45, 7) is 6.47. The summed E-state index contributed by atoms with van der Waals surface area (Å²) in [5, 5.41) is 11.0. The lowest BCUT2D eigenvalue weighted by molar-refractivity contribution is 0.00219. The van der Waals surface area contributed by atoms with Crippen molar-refractivity contribution in [1.29, 1.82) is 0 Å². The molecule has 1 atom stereocenters. The van der Waals surface area contributed by atoms with Gasteiger partial charge in [0.2, 0.25) is 10.0 Å². The minimum absolute atomic E-state index is 0.0450. The van der Waals surface area contributed by atoms with Crippen LogP contribution < -0.4 is 9.46 Å². The molecular weight excluding hydrogens is 350 g/mol. The Labute approximate surface area is 155 Å². The molecule has 1 aliphatic heterocycles. The molecule has 5 nitrogen and oxygen atoms in total. The van der Waals surface area contributed by atoms with Gasteiger partial charge in [0, 0.05) is 18.5 Å². The first-order valence-electron chi connectivity index (χ1n) is 8.67. The molecule has 1 heterocycles. The highest BCUT2D eigenvalue weighted by atomic mass is 32.2. The van der Waals surface area contributed by atoms with Crippen LogP contribution in [0.5, 0.6) is 5.75 Å². The summed E-state index contributed by atoms with van der Waals surface area (Å²) in [5.41, 5.74) is 0.342. The van der Waals surface area contributed by atoms with Crippen molar-refractivity contribution in [1.82, 2.24) is 4.72 Å².